The summed E-state index contributed by atoms with van der Waals surface area (Å²) in [5.74, 6) is 0.230. The van der Waals surface area contributed by atoms with Crippen LogP contribution in [0.1, 0.15) is 50.3 Å². The van der Waals surface area contributed by atoms with E-state index >= 15 is 0 Å². The predicted molar refractivity (Wildman–Crippen MR) is 126 cm³/mol. The Hall–Kier alpha value is -2.12. The first-order valence-electron chi connectivity index (χ1n) is 9.63. The lowest BCUT2D eigenvalue weighted by Crippen LogP contribution is -2.36. The quantitative estimate of drug-likeness (QED) is 0.573. The zero-order chi connectivity index (χ0) is 21.7. The van der Waals surface area contributed by atoms with E-state index in [1.165, 1.54) is 11.1 Å². The summed E-state index contributed by atoms with van der Waals surface area (Å²) >= 11 is 5.39. The largest absolute Gasteiger partial charge is 0.362 e. The number of benzene rings is 2. The fourth-order valence-electron chi connectivity index (χ4n) is 2.82. The second-order valence-electron chi connectivity index (χ2n) is 8.41. The highest BCUT2D eigenvalue weighted by molar-refractivity contribution is 7.92. The van der Waals surface area contributed by atoms with Gasteiger partial charge in [0.05, 0.1) is 6.26 Å². The summed E-state index contributed by atoms with van der Waals surface area (Å²) in [5.41, 5.74) is 4.32. The summed E-state index contributed by atoms with van der Waals surface area (Å²) in [5, 5.41) is 7.11. The van der Waals surface area contributed by atoms with Crippen LogP contribution in [0, 0.1) is 0 Å². The lowest BCUT2D eigenvalue weighted by Gasteiger charge is -2.19. The smallest absolute Gasteiger partial charge is 0.229 e. The van der Waals surface area contributed by atoms with Gasteiger partial charge in [-0.15, -0.1) is 0 Å². The fraction of sp³-hybridized carbons (Fsp3) is 0.409. The highest BCUT2D eigenvalue weighted by Gasteiger charge is 2.13. The molecule has 0 aliphatic carbocycles. The van der Waals surface area contributed by atoms with Crippen LogP contribution in [0.2, 0.25) is 0 Å². The van der Waals surface area contributed by atoms with Crippen molar-refractivity contribution in [3.8, 4) is 0 Å². The Balaban J connectivity index is 1.79. The van der Waals surface area contributed by atoms with Crippen LogP contribution in [0.4, 0.5) is 5.69 Å². The van der Waals surface area contributed by atoms with Gasteiger partial charge in [-0.1, -0.05) is 64.1 Å². The number of anilines is 1. The monoisotopic (exact) mass is 433 g/mol. The van der Waals surface area contributed by atoms with Crippen LogP contribution in [0.5, 0.6) is 0 Å². The number of rotatable bonds is 7. The van der Waals surface area contributed by atoms with Crippen molar-refractivity contribution in [3.05, 3.63) is 65.2 Å². The first-order valence-corrected chi connectivity index (χ1v) is 11.9. The molecular weight excluding hydrogens is 402 g/mol. The minimum Gasteiger partial charge on any atom is -0.362 e. The second kappa shape index (κ2) is 9.59. The molecule has 2 rings (SSSR count). The molecule has 0 saturated carbocycles. The van der Waals surface area contributed by atoms with E-state index in [0.29, 0.717) is 23.9 Å². The van der Waals surface area contributed by atoms with Crippen molar-refractivity contribution in [1.82, 2.24) is 10.6 Å². The van der Waals surface area contributed by atoms with Gasteiger partial charge in [0, 0.05) is 18.8 Å². The third-order valence-electron chi connectivity index (χ3n) is 4.62. The van der Waals surface area contributed by atoms with Gasteiger partial charge in [0.1, 0.15) is 0 Å². The topological polar surface area (TPSA) is 70.2 Å². The van der Waals surface area contributed by atoms with Gasteiger partial charge in [0.15, 0.2) is 5.11 Å². The van der Waals surface area contributed by atoms with Crippen LogP contribution in [-0.2, 0) is 22.0 Å². The van der Waals surface area contributed by atoms with Gasteiger partial charge < -0.3 is 10.6 Å². The molecule has 0 bridgehead atoms. The van der Waals surface area contributed by atoms with Crippen LogP contribution >= 0.6 is 12.2 Å². The maximum absolute atomic E-state index is 11.3. The minimum absolute atomic E-state index is 0.151. The van der Waals surface area contributed by atoms with Crippen molar-refractivity contribution in [2.75, 3.05) is 17.5 Å². The number of hydrogen-bond acceptors (Lipinski definition) is 3. The van der Waals surface area contributed by atoms with Crippen LogP contribution < -0.4 is 15.4 Å². The maximum Gasteiger partial charge on any atom is 0.229 e. The number of nitrogens with one attached hydrogen (secondary N) is 3. The normalized spacial score (nSPS) is 12.9. The molecule has 0 radical (unpaired) electrons. The van der Waals surface area contributed by atoms with Crippen molar-refractivity contribution >= 4 is 33.0 Å². The van der Waals surface area contributed by atoms with Gasteiger partial charge in [-0.2, -0.15) is 0 Å². The molecule has 5 nitrogen and oxygen atoms in total. The summed E-state index contributed by atoms with van der Waals surface area (Å²) in [6.07, 6.45) is 1.14. The van der Waals surface area contributed by atoms with Crippen molar-refractivity contribution < 1.29 is 8.42 Å². The Kier molecular flexibility index (Phi) is 7.66. The van der Waals surface area contributed by atoms with Crippen LogP contribution in [0.3, 0.4) is 0 Å². The molecule has 2 aromatic rings. The molecule has 0 heterocycles. The second-order valence-corrected chi connectivity index (χ2v) is 10.6. The summed E-state index contributed by atoms with van der Waals surface area (Å²) in [7, 11) is -3.26. The Bertz CT molecular complexity index is 916. The Morgan fingerprint density at radius 3 is 2.10 bits per heavy atom. The van der Waals surface area contributed by atoms with E-state index < -0.39 is 10.0 Å². The third kappa shape index (κ3) is 8.03. The zero-order valence-corrected chi connectivity index (χ0v) is 19.4. The molecule has 1 atom stereocenters. The molecular formula is C22H31N3O2S2. The molecule has 158 valence electrons. The van der Waals surface area contributed by atoms with E-state index in [1.54, 1.807) is 12.1 Å². The molecule has 0 amide bonds. The third-order valence-corrected chi connectivity index (χ3v) is 5.52. The molecule has 1 unspecified atom stereocenters. The first-order chi connectivity index (χ1) is 13.4. The number of sulfonamides is 1. The van der Waals surface area contributed by atoms with E-state index in [-0.39, 0.29) is 11.3 Å². The molecule has 3 N–H and O–H groups in total. The van der Waals surface area contributed by atoms with Crippen molar-refractivity contribution in [2.45, 2.75) is 45.6 Å². The van der Waals surface area contributed by atoms with Gasteiger partial charge in [0.2, 0.25) is 10.0 Å². The van der Waals surface area contributed by atoms with E-state index in [1.807, 2.05) is 12.1 Å². The molecule has 0 aliphatic rings. The maximum atomic E-state index is 11.3. The van der Waals surface area contributed by atoms with Gasteiger partial charge in [0.25, 0.3) is 0 Å². The van der Waals surface area contributed by atoms with E-state index in [2.05, 4.69) is 67.3 Å². The van der Waals surface area contributed by atoms with Crippen LogP contribution in [-0.4, -0.2) is 26.3 Å². The molecule has 0 spiro atoms. The molecule has 0 fully saturated rings. The molecule has 29 heavy (non-hydrogen) atoms. The summed E-state index contributed by atoms with van der Waals surface area (Å²) in [6, 6.07) is 16.0. The average molecular weight is 434 g/mol. The van der Waals surface area contributed by atoms with Crippen molar-refractivity contribution in [3.63, 3.8) is 0 Å². The van der Waals surface area contributed by atoms with Gasteiger partial charge in [-0.25, -0.2) is 8.42 Å². The predicted octanol–water partition coefficient (Wildman–Crippen LogP) is 4.12. The molecule has 7 heteroatoms. The van der Waals surface area contributed by atoms with Crippen LogP contribution in [0.25, 0.3) is 0 Å². The first kappa shape index (κ1) is 23.2. The standard InChI is InChI=1S/C22H31N3O2S2/c1-16(18-8-12-20(13-9-18)25-29(5,26)27)14-23-21(28)24-15-17-6-10-19(11-7-17)22(2,3)4/h6-13,16,25H,14-15H2,1-5H3,(H2,23,24,28). The lowest BCUT2D eigenvalue weighted by molar-refractivity contribution is 0.590. The van der Waals surface area contributed by atoms with E-state index in [4.69, 9.17) is 12.2 Å². The van der Waals surface area contributed by atoms with Gasteiger partial charge >= 0.3 is 0 Å². The molecule has 0 aliphatic heterocycles. The lowest BCUT2D eigenvalue weighted by atomic mass is 9.87. The Morgan fingerprint density at radius 1 is 1.00 bits per heavy atom. The number of hydrogen-bond donors (Lipinski definition) is 3. The zero-order valence-electron chi connectivity index (χ0n) is 17.7. The molecule has 2 aromatic carbocycles. The van der Waals surface area contributed by atoms with E-state index in [9.17, 15) is 8.42 Å². The summed E-state index contributed by atoms with van der Waals surface area (Å²) < 4.78 is 25.0. The Labute approximate surface area is 180 Å². The highest BCUT2D eigenvalue weighted by Crippen LogP contribution is 2.22. The fourth-order valence-corrected chi connectivity index (χ4v) is 3.54. The molecule has 0 saturated heterocycles. The van der Waals surface area contributed by atoms with Crippen molar-refractivity contribution in [2.24, 2.45) is 0 Å². The average Bonchev–Trinajstić information content (AvgIpc) is 2.63. The van der Waals surface area contributed by atoms with E-state index in [0.717, 1.165) is 11.8 Å². The summed E-state index contributed by atoms with van der Waals surface area (Å²) in [4.78, 5) is 0. The van der Waals surface area contributed by atoms with Gasteiger partial charge in [-0.3, -0.25) is 4.72 Å². The summed E-state index contributed by atoms with van der Waals surface area (Å²) in [6.45, 7) is 10.1. The van der Waals surface area contributed by atoms with Crippen molar-refractivity contribution in [1.29, 1.82) is 0 Å². The molecule has 0 aromatic heterocycles. The Morgan fingerprint density at radius 2 is 1.59 bits per heavy atom. The van der Waals surface area contributed by atoms with Crippen LogP contribution in [0.15, 0.2) is 48.5 Å². The highest BCUT2D eigenvalue weighted by atomic mass is 32.2. The SMILES string of the molecule is CC(CNC(=S)NCc1ccc(C(C)(C)C)cc1)c1ccc(NS(C)(=O)=O)cc1. The minimum atomic E-state index is -3.26. The number of thiocarbonyl (C=S) groups is 1. The van der Waals surface area contributed by atoms with Gasteiger partial charge in [-0.05, 0) is 52.4 Å².